The third-order valence-corrected chi connectivity index (χ3v) is 6.53. The highest BCUT2D eigenvalue weighted by atomic mass is 32.2. The van der Waals surface area contributed by atoms with E-state index in [1.165, 1.54) is 11.1 Å². The summed E-state index contributed by atoms with van der Waals surface area (Å²) >= 11 is 0. The lowest BCUT2D eigenvalue weighted by Gasteiger charge is -2.34. The van der Waals surface area contributed by atoms with Gasteiger partial charge >= 0.3 is 0 Å². The van der Waals surface area contributed by atoms with Crippen molar-refractivity contribution < 1.29 is 8.42 Å². The Morgan fingerprint density at radius 2 is 1.52 bits per heavy atom. The van der Waals surface area contributed by atoms with Gasteiger partial charge in [-0.1, -0.05) is 59.7 Å². The van der Waals surface area contributed by atoms with Crippen LogP contribution in [0.4, 0.5) is 0 Å². The standard InChI is InChI=1S/C20H26N2O2S/c1-17-6-8-19(9-7-17)15-21-10-12-22(13-11-21)25(23,24)16-20-5-3-4-18(2)14-20/h3-9,14H,10-13,15-16H2,1-2H3. The van der Waals surface area contributed by atoms with Crippen LogP contribution < -0.4 is 0 Å². The van der Waals surface area contributed by atoms with E-state index < -0.39 is 10.0 Å². The molecule has 2 aromatic rings. The quantitative estimate of drug-likeness (QED) is 0.825. The molecule has 1 aliphatic rings. The molecule has 0 aromatic heterocycles. The number of aryl methyl sites for hydroxylation is 2. The molecule has 0 amide bonds. The molecule has 25 heavy (non-hydrogen) atoms. The van der Waals surface area contributed by atoms with Crippen LogP contribution in [0.15, 0.2) is 48.5 Å². The number of hydrogen-bond acceptors (Lipinski definition) is 3. The van der Waals surface area contributed by atoms with Crippen molar-refractivity contribution in [1.82, 2.24) is 9.21 Å². The summed E-state index contributed by atoms with van der Waals surface area (Å²) in [6.45, 7) is 7.65. The van der Waals surface area contributed by atoms with E-state index in [0.29, 0.717) is 13.1 Å². The van der Waals surface area contributed by atoms with Gasteiger partial charge in [0, 0.05) is 32.7 Å². The Balaban J connectivity index is 1.56. The first kappa shape index (κ1) is 18.1. The summed E-state index contributed by atoms with van der Waals surface area (Å²) < 4.78 is 27.0. The SMILES string of the molecule is Cc1ccc(CN2CCN(S(=O)(=O)Cc3cccc(C)c3)CC2)cc1. The van der Waals surface area contributed by atoms with Crippen LogP contribution in [0, 0.1) is 13.8 Å². The van der Waals surface area contributed by atoms with Crippen molar-refractivity contribution in [3.05, 3.63) is 70.8 Å². The van der Waals surface area contributed by atoms with Crippen molar-refractivity contribution in [3.63, 3.8) is 0 Å². The van der Waals surface area contributed by atoms with Crippen LogP contribution in [0.2, 0.25) is 0 Å². The van der Waals surface area contributed by atoms with Crippen molar-refractivity contribution in [2.24, 2.45) is 0 Å². The summed E-state index contributed by atoms with van der Waals surface area (Å²) in [5.41, 5.74) is 4.50. The third-order valence-electron chi connectivity index (χ3n) is 4.68. The van der Waals surface area contributed by atoms with Crippen molar-refractivity contribution in [2.45, 2.75) is 26.1 Å². The summed E-state index contributed by atoms with van der Waals surface area (Å²) in [5.74, 6) is 0.0899. The molecule has 0 bridgehead atoms. The summed E-state index contributed by atoms with van der Waals surface area (Å²) in [7, 11) is -3.25. The van der Waals surface area contributed by atoms with Crippen LogP contribution in [-0.4, -0.2) is 43.8 Å². The molecule has 5 heteroatoms. The molecule has 4 nitrogen and oxygen atoms in total. The van der Waals surface area contributed by atoms with E-state index in [2.05, 4.69) is 36.1 Å². The number of hydrogen-bond donors (Lipinski definition) is 0. The van der Waals surface area contributed by atoms with Gasteiger partial charge in [-0.2, -0.15) is 4.31 Å². The predicted molar refractivity (Wildman–Crippen MR) is 102 cm³/mol. The average Bonchev–Trinajstić information content (AvgIpc) is 2.57. The maximum atomic E-state index is 12.7. The molecule has 0 unspecified atom stereocenters. The monoisotopic (exact) mass is 358 g/mol. The number of rotatable bonds is 5. The first-order valence-electron chi connectivity index (χ1n) is 8.74. The molecule has 134 valence electrons. The summed E-state index contributed by atoms with van der Waals surface area (Å²) in [4.78, 5) is 2.32. The average molecular weight is 359 g/mol. The van der Waals surface area contributed by atoms with Gasteiger partial charge in [-0.3, -0.25) is 4.90 Å². The van der Waals surface area contributed by atoms with Gasteiger partial charge in [0.25, 0.3) is 0 Å². The largest absolute Gasteiger partial charge is 0.296 e. The minimum Gasteiger partial charge on any atom is -0.296 e. The Bertz CT molecular complexity index is 808. The maximum Gasteiger partial charge on any atom is 0.218 e. The maximum absolute atomic E-state index is 12.7. The zero-order valence-electron chi connectivity index (χ0n) is 15.0. The van der Waals surface area contributed by atoms with E-state index in [4.69, 9.17) is 0 Å². The zero-order valence-corrected chi connectivity index (χ0v) is 15.8. The lowest BCUT2D eigenvalue weighted by molar-refractivity contribution is 0.181. The van der Waals surface area contributed by atoms with E-state index in [1.54, 1.807) is 4.31 Å². The molecule has 0 N–H and O–H groups in total. The van der Waals surface area contributed by atoms with E-state index in [1.807, 2.05) is 31.2 Å². The second-order valence-corrected chi connectivity index (χ2v) is 8.87. The lowest BCUT2D eigenvalue weighted by Crippen LogP contribution is -2.48. The Morgan fingerprint density at radius 1 is 0.840 bits per heavy atom. The van der Waals surface area contributed by atoms with E-state index in [0.717, 1.165) is 30.8 Å². The van der Waals surface area contributed by atoms with Crippen LogP contribution >= 0.6 is 0 Å². The van der Waals surface area contributed by atoms with Gasteiger partial charge < -0.3 is 0 Å². The van der Waals surface area contributed by atoms with E-state index in [-0.39, 0.29) is 5.75 Å². The second kappa shape index (κ2) is 7.68. The molecule has 1 saturated heterocycles. The van der Waals surface area contributed by atoms with E-state index >= 15 is 0 Å². The highest BCUT2D eigenvalue weighted by Gasteiger charge is 2.27. The Hall–Kier alpha value is -1.69. The summed E-state index contributed by atoms with van der Waals surface area (Å²) in [6, 6.07) is 16.3. The molecule has 0 radical (unpaired) electrons. The fraction of sp³-hybridized carbons (Fsp3) is 0.400. The van der Waals surface area contributed by atoms with Crippen molar-refractivity contribution in [3.8, 4) is 0 Å². The fourth-order valence-corrected chi connectivity index (χ4v) is 4.72. The number of nitrogens with zero attached hydrogens (tertiary/aromatic N) is 2. The van der Waals surface area contributed by atoms with Gasteiger partial charge in [-0.05, 0) is 25.0 Å². The zero-order chi connectivity index (χ0) is 17.9. The molecular weight excluding hydrogens is 332 g/mol. The predicted octanol–water partition coefficient (Wildman–Crippen LogP) is 2.95. The topological polar surface area (TPSA) is 40.6 Å². The van der Waals surface area contributed by atoms with Crippen molar-refractivity contribution in [1.29, 1.82) is 0 Å². The Labute approximate surface area is 151 Å². The second-order valence-electron chi connectivity index (χ2n) is 6.91. The molecule has 1 heterocycles. The molecular formula is C20H26N2O2S. The number of piperazine rings is 1. The summed E-state index contributed by atoms with van der Waals surface area (Å²) in [5, 5.41) is 0. The normalized spacial score (nSPS) is 16.9. The van der Waals surface area contributed by atoms with Crippen molar-refractivity contribution >= 4 is 10.0 Å². The fourth-order valence-electron chi connectivity index (χ4n) is 3.22. The third kappa shape index (κ3) is 4.91. The molecule has 1 aliphatic heterocycles. The summed E-state index contributed by atoms with van der Waals surface area (Å²) in [6.07, 6.45) is 0. The van der Waals surface area contributed by atoms with Gasteiger partial charge in [0.05, 0.1) is 5.75 Å². The molecule has 0 atom stereocenters. The van der Waals surface area contributed by atoms with Gasteiger partial charge in [0.2, 0.25) is 10.0 Å². The molecule has 2 aromatic carbocycles. The smallest absolute Gasteiger partial charge is 0.218 e. The molecule has 0 saturated carbocycles. The van der Waals surface area contributed by atoms with Gasteiger partial charge in [-0.15, -0.1) is 0 Å². The number of benzene rings is 2. The van der Waals surface area contributed by atoms with Gasteiger partial charge in [-0.25, -0.2) is 8.42 Å². The minimum atomic E-state index is -3.25. The highest BCUT2D eigenvalue weighted by molar-refractivity contribution is 7.88. The van der Waals surface area contributed by atoms with Crippen LogP contribution in [0.1, 0.15) is 22.3 Å². The van der Waals surface area contributed by atoms with Crippen LogP contribution in [0.5, 0.6) is 0 Å². The van der Waals surface area contributed by atoms with Crippen LogP contribution in [0.3, 0.4) is 0 Å². The molecule has 0 spiro atoms. The van der Waals surface area contributed by atoms with Gasteiger partial charge in [0.1, 0.15) is 0 Å². The first-order chi connectivity index (χ1) is 11.9. The molecule has 3 rings (SSSR count). The molecule has 1 fully saturated rings. The van der Waals surface area contributed by atoms with Gasteiger partial charge in [0.15, 0.2) is 0 Å². The van der Waals surface area contributed by atoms with Crippen LogP contribution in [0.25, 0.3) is 0 Å². The first-order valence-corrected chi connectivity index (χ1v) is 10.3. The van der Waals surface area contributed by atoms with Crippen molar-refractivity contribution in [2.75, 3.05) is 26.2 Å². The Kier molecular flexibility index (Phi) is 5.57. The number of sulfonamides is 1. The van der Waals surface area contributed by atoms with Crippen LogP contribution in [-0.2, 0) is 22.3 Å². The Morgan fingerprint density at radius 3 is 2.16 bits per heavy atom. The minimum absolute atomic E-state index is 0.0899. The highest BCUT2D eigenvalue weighted by Crippen LogP contribution is 2.16. The van der Waals surface area contributed by atoms with E-state index in [9.17, 15) is 8.42 Å². The lowest BCUT2D eigenvalue weighted by atomic mass is 10.1. The molecule has 0 aliphatic carbocycles.